The number of aliphatic hydroxyl groups is 1. The van der Waals surface area contributed by atoms with Gasteiger partial charge >= 0.3 is 0 Å². The molecule has 1 atom stereocenters. The first-order valence-corrected chi connectivity index (χ1v) is 6.60. The Hall–Kier alpha value is -0.710. The fourth-order valence-corrected chi connectivity index (χ4v) is 3.16. The van der Waals surface area contributed by atoms with Crippen LogP contribution in [0.3, 0.4) is 0 Å². The maximum absolute atomic E-state index is 10.3. The molecule has 0 fully saturated rings. The van der Waals surface area contributed by atoms with Crippen LogP contribution in [0.15, 0.2) is 28.3 Å². The quantitative estimate of drug-likeness (QED) is 0.919. The SMILES string of the molecule is Cc1cc(C)cc(C(O)c2scnc2Br)c1. The van der Waals surface area contributed by atoms with Crippen molar-refractivity contribution in [2.45, 2.75) is 20.0 Å². The number of aryl methyl sites for hydroxylation is 2. The van der Waals surface area contributed by atoms with Crippen molar-refractivity contribution in [1.29, 1.82) is 0 Å². The minimum Gasteiger partial charge on any atom is -0.383 e. The number of aliphatic hydroxyl groups excluding tert-OH is 1. The fraction of sp³-hybridized carbons (Fsp3) is 0.250. The molecule has 0 bridgehead atoms. The van der Waals surface area contributed by atoms with Crippen LogP contribution < -0.4 is 0 Å². The van der Waals surface area contributed by atoms with Crippen molar-refractivity contribution >= 4 is 27.3 Å². The molecule has 1 heterocycles. The summed E-state index contributed by atoms with van der Waals surface area (Å²) in [4.78, 5) is 4.94. The van der Waals surface area contributed by atoms with E-state index in [1.165, 1.54) is 11.3 Å². The van der Waals surface area contributed by atoms with Gasteiger partial charge in [-0.25, -0.2) is 4.98 Å². The fourth-order valence-electron chi connectivity index (χ4n) is 1.74. The van der Waals surface area contributed by atoms with Crippen LogP contribution in [0.4, 0.5) is 0 Å². The molecule has 2 nitrogen and oxygen atoms in total. The Labute approximate surface area is 107 Å². The van der Waals surface area contributed by atoms with E-state index in [2.05, 4.69) is 27.0 Å². The molecule has 1 aromatic carbocycles. The van der Waals surface area contributed by atoms with Crippen LogP contribution in [0.1, 0.15) is 27.7 Å². The molecular formula is C12H12BrNOS. The zero-order valence-electron chi connectivity index (χ0n) is 9.07. The Kier molecular flexibility index (Phi) is 3.42. The Morgan fingerprint density at radius 2 is 1.88 bits per heavy atom. The van der Waals surface area contributed by atoms with E-state index in [-0.39, 0.29) is 0 Å². The Balaban J connectivity index is 2.41. The van der Waals surface area contributed by atoms with Gasteiger partial charge in [-0.2, -0.15) is 0 Å². The van der Waals surface area contributed by atoms with Crippen molar-refractivity contribution in [3.8, 4) is 0 Å². The minimum atomic E-state index is -0.597. The molecule has 0 spiro atoms. The number of aromatic nitrogens is 1. The van der Waals surface area contributed by atoms with E-state index in [0.717, 1.165) is 26.2 Å². The Morgan fingerprint density at radius 3 is 2.38 bits per heavy atom. The molecule has 1 N–H and O–H groups in total. The third-order valence-corrected chi connectivity index (χ3v) is 4.13. The van der Waals surface area contributed by atoms with Crippen molar-refractivity contribution in [1.82, 2.24) is 4.98 Å². The summed E-state index contributed by atoms with van der Waals surface area (Å²) in [5, 5.41) is 10.3. The number of rotatable bonds is 2. The van der Waals surface area contributed by atoms with E-state index in [0.29, 0.717) is 0 Å². The van der Waals surface area contributed by atoms with Gasteiger partial charge in [0.25, 0.3) is 0 Å². The first-order chi connectivity index (χ1) is 7.58. The normalized spacial score (nSPS) is 12.8. The van der Waals surface area contributed by atoms with Crippen LogP contribution in [0.25, 0.3) is 0 Å². The standard InChI is InChI=1S/C12H12BrNOS/c1-7-3-8(2)5-9(4-7)10(15)11-12(13)14-6-16-11/h3-6,10,15H,1-2H3. The van der Waals surface area contributed by atoms with Crippen LogP contribution in [0.2, 0.25) is 0 Å². The summed E-state index contributed by atoms with van der Waals surface area (Å²) in [6.07, 6.45) is -0.597. The average molecular weight is 298 g/mol. The molecule has 2 rings (SSSR count). The Morgan fingerprint density at radius 1 is 1.25 bits per heavy atom. The molecule has 2 aromatic rings. The third-order valence-electron chi connectivity index (χ3n) is 2.36. The first-order valence-electron chi connectivity index (χ1n) is 4.93. The molecule has 0 aliphatic heterocycles. The maximum atomic E-state index is 10.3. The molecule has 1 unspecified atom stereocenters. The lowest BCUT2D eigenvalue weighted by molar-refractivity contribution is 0.223. The highest BCUT2D eigenvalue weighted by Crippen LogP contribution is 2.31. The number of nitrogens with zero attached hydrogens (tertiary/aromatic N) is 1. The highest BCUT2D eigenvalue weighted by Gasteiger charge is 2.16. The zero-order chi connectivity index (χ0) is 11.7. The Bertz CT molecular complexity index is 489. The van der Waals surface area contributed by atoms with Crippen LogP contribution in [-0.2, 0) is 0 Å². The van der Waals surface area contributed by atoms with Gasteiger partial charge in [0.05, 0.1) is 10.4 Å². The van der Waals surface area contributed by atoms with E-state index in [1.807, 2.05) is 26.0 Å². The summed E-state index contributed by atoms with van der Waals surface area (Å²) >= 11 is 4.80. The molecule has 0 saturated carbocycles. The maximum Gasteiger partial charge on any atom is 0.123 e. The van der Waals surface area contributed by atoms with E-state index in [4.69, 9.17) is 0 Å². The molecule has 0 aliphatic carbocycles. The van der Waals surface area contributed by atoms with Gasteiger partial charge in [0.15, 0.2) is 0 Å². The molecule has 84 valence electrons. The lowest BCUT2D eigenvalue weighted by Gasteiger charge is -2.11. The molecule has 16 heavy (non-hydrogen) atoms. The van der Waals surface area contributed by atoms with Gasteiger partial charge in [0.2, 0.25) is 0 Å². The second kappa shape index (κ2) is 4.65. The predicted octanol–water partition coefficient (Wildman–Crippen LogP) is 3.60. The summed E-state index contributed by atoms with van der Waals surface area (Å²) < 4.78 is 0.726. The zero-order valence-corrected chi connectivity index (χ0v) is 11.5. The van der Waals surface area contributed by atoms with Crippen LogP contribution >= 0.6 is 27.3 Å². The molecule has 1 aromatic heterocycles. The number of hydrogen-bond acceptors (Lipinski definition) is 3. The lowest BCUT2D eigenvalue weighted by Crippen LogP contribution is -1.99. The van der Waals surface area contributed by atoms with Gasteiger partial charge in [0, 0.05) is 0 Å². The van der Waals surface area contributed by atoms with Gasteiger partial charge in [-0.3, -0.25) is 0 Å². The second-order valence-corrected chi connectivity index (χ2v) is 5.47. The van der Waals surface area contributed by atoms with E-state index in [9.17, 15) is 5.11 Å². The largest absolute Gasteiger partial charge is 0.383 e. The van der Waals surface area contributed by atoms with Gasteiger partial charge in [-0.05, 0) is 35.3 Å². The summed E-state index contributed by atoms with van der Waals surface area (Å²) in [6, 6.07) is 6.10. The monoisotopic (exact) mass is 297 g/mol. The van der Waals surface area contributed by atoms with Gasteiger partial charge in [-0.1, -0.05) is 29.3 Å². The van der Waals surface area contributed by atoms with Crippen molar-refractivity contribution in [2.75, 3.05) is 0 Å². The third kappa shape index (κ3) is 2.34. The highest BCUT2D eigenvalue weighted by atomic mass is 79.9. The van der Waals surface area contributed by atoms with E-state index in [1.54, 1.807) is 5.51 Å². The average Bonchev–Trinajstić information content (AvgIpc) is 2.62. The smallest absolute Gasteiger partial charge is 0.123 e. The van der Waals surface area contributed by atoms with E-state index < -0.39 is 6.10 Å². The molecule has 0 aliphatic rings. The molecular weight excluding hydrogens is 286 g/mol. The van der Waals surface area contributed by atoms with Crippen molar-refractivity contribution in [3.63, 3.8) is 0 Å². The van der Waals surface area contributed by atoms with E-state index >= 15 is 0 Å². The summed E-state index contributed by atoms with van der Waals surface area (Å²) in [7, 11) is 0. The molecule has 4 heteroatoms. The predicted molar refractivity (Wildman–Crippen MR) is 69.8 cm³/mol. The number of benzene rings is 1. The highest BCUT2D eigenvalue weighted by molar-refractivity contribution is 9.10. The van der Waals surface area contributed by atoms with Gasteiger partial charge in [0.1, 0.15) is 10.7 Å². The summed E-state index contributed by atoms with van der Waals surface area (Å²) in [5.41, 5.74) is 4.97. The number of halogens is 1. The summed E-state index contributed by atoms with van der Waals surface area (Å²) in [6.45, 7) is 4.07. The minimum absolute atomic E-state index is 0.597. The van der Waals surface area contributed by atoms with Crippen molar-refractivity contribution in [2.24, 2.45) is 0 Å². The molecule has 0 amide bonds. The van der Waals surface area contributed by atoms with Crippen LogP contribution in [0, 0.1) is 13.8 Å². The molecule has 0 saturated heterocycles. The summed E-state index contributed by atoms with van der Waals surface area (Å²) in [5.74, 6) is 0. The van der Waals surface area contributed by atoms with Crippen molar-refractivity contribution in [3.05, 3.63) is 49.9 Å². The topological polar surface area (TPSA) is 33.1 Å². The van der Waals surface area contributed by atoms with Crippen LogP contribution in [-0.4, -0.2) is 10.1 Å². The number of thiazole rings is 1. The molecule has 0 radical (unpaired) electrons. The van der Waals surface area contributed by atoms with Crippen molar-refractivity contribution < 1.29 is 5.11 Å². The van der Waals surface area contributed by atoms with Gasteiger partial charge in [-0.15, -0.1) is 11.3 Å². The van der Waals surface area contributed by atoms with Crippen LogP contribution in [0.5, 0.6) is 0 Å². The lowest BCUT2D eigenvalue weighted by atomic mass is 10.0. The number of hydrogen-bond donors (Lipinski definition) is 1. The first kappa shape index (κ1) is 11.8. The van der Waals surface area contributed by atoms with Gasteiger partial charge < -0.3 is 5.11 Å². The second-order valence-electron chi connectivity index (χ2n) is 3.83.